The zero-order chi connectivity index (χ0) is 18.8. The first-order chi connectivity index (χ1) is 13.2. The molecule has 1 aromatic carbocycles. The first kappa shape index (κ1) is 17.0. The molecule has 0 atom stereocenters. The van der Waals surface area contributed by atoms with Crippen LogP contribution in [0.3, 0.4) is 0 Å². The molecule has 0 bridgehead atoms. The number of aromatic amines is 1. The number of benzene rings is 1. The summed E-state index contributed by atoms with van der Waals surface area (Å²) >= 11 is 0. The topological polar surface area (TPSA) is 109 Å². The highest BCUT2D eigenvalue weighted by Crippen LogP contribution is 2.28. The molecule has 2 aromatic heterocycles. The number of nitrogens with one attached hydrogen (secondary N) is 3. The Morgan fingerprint density at radius 3 is 3.07 bits per heavy atom. The third-order valence-electron chi connectivity index (χ3n) is 4.41. The molecule has 0 saturated heterocycles. The number of carbonyl (C=O) groups is 2. The van der Waals surface area contributed by atoms with Crippen LogP contribution in [0.2, 0.25) is 0 Å². The molecule has 1 aliphatic heterocycles. The summed E-state index contributed by atoms with van der Waals surface area (Å²) in [6, 6.07) is 5.41. The molecule has 3 aromatic rings. The maximum Gasteiger partial charge on any atom is 0.272 e. The van der Waals surface area contributed by atoms with Gasteiger partial charge in [0.2, 0.25) is 0 Å². The second-order valence-corrected chi connectivity index (χ2v) is 6.36. The minimum absolute atomic E-state index is 0.0168. The van der Waals surface area contributed by atoms with E-state index in [1.165, 1.54) is 6.33 Å². The number of hydrogen-bond donors (Lipinski definition) is 3. The zero-order valence-electron chi connectivity index (χ0n) is 14.8. The lowest BCUT2D eigenvalue weighted by molar-refractivity contribution is -0.118. The number of amides is 2. The van der Waals surface area contributed by atoms with Crippen molar-refractivity contribution in [2.24, 2.45) is 0 Å². The number of anilines is 1. The fourth-order valence-electron chi connectivity index (χ4n) is 3.13. The van der Waals surface area contributed by atoms with Crippen LogP contribution >= 0.6 is 0 Å². The van der Waals surface area contributed by atoms with E-state index < -0.39 is 0 Å². The summed E-state index contributed by atoms with van der Waals surface area (Å²) in [4.78, 5) is 35.6. The summed E-state index contributed by atoms with van der Waals surface area (Å²) in [5.41, 5.74) is 4.27. The van der Waals surface area contributed by atoms with Gasteiger partial charge in [0.15, 0.2) is 12.3 Å². The number of aromatic nitrogens is 3. The molecule has 3 N–H and O–H groups in total. The third-order valence-corrected chi connectivity index (χ3v) is 4.41. The van der Waals surface area contributed by atoms with Gasteiger partial charge in [0.25, 0.3) is 11.8 Å². The van der Waals surface area contributed by atoms with Crippen molar-refractivity contribution in [1.29, 1.82) is 0 Å². The first-order valence-electron chi connectivity index (χ1n) is 8.80. The van der Waals surface area contributed by atoms with Crippen molar-refractivity contribution in [3.8, 4) is 5.75 Å². The minimum atomic E-state index is -0.287. The van der Waals surface area contributed by atoms with Gasteiger partial charge in [-0.25, -0.2) is 9.97 Å². The molecule has 8 heteroatoms. The summed E-state index contributed by atoms with van der Waals surface area (Å²) in [5.74, 6) is 0.143. The van der Waals surface area contributed by atoms with Crippen LogP contribution in [0.4, 0.5) is 5.69 Å². The summed E-state index contributed by atoms with van der Waals surface area (Å²) in [5, 5.41) is 5.62. The lowest BCUT2D eigenvalue weighted by Crippen LogP contribution is -2.26. The Balaban J connectivity index is 1.51. The van der Waals surface area contributed by atoms with E-state index in [2.05, 4.69) is 32.5 Å². The Morgan fingerprint density at radius 2 is 2.22 bits per heavy atom. The third kappa shape index (κ3) is 3.33. The van der Waals surface area contributed by atoms with Crippen molar-refractivity contribution < 1.29 is 14.3 Å². The number of hydrogen-bond acceptors (Lipinski definition) is 5. The maximum absolute atomic E-state index is 12.6. The molecule has 0 spiro atoms. The molecule has 0 saturated carbocycles. The minimum Gasteiger partial charge on any atom is -0.482 e. The van der Waals surface area contributed by atoms with E-state index in [4.69, 9.17) is 4.74 Å². The molecule has 3 heterocycles. The second kappa shape index (κ2) is 7.06. The van der Waals surface area contributed by atoms with Gasteiger partial charge in [-0.15, -0.1) is 0 Å². The summed E-state index contributed by atoms with van der Waals surface area (Å²) in [6.45, 7) is 2.42. The Morgan fingerprint density at radius 1 is 1.33 bits per heavy atom. The number of nitrogens with zero attached hydrogens (tertiary/aromatic N) is 2. The van der Waals surface area contributed by atoms with Gasteiger partial charge in [0.1, 0.15) is 12.1 Å². The standard InChI is InChI=1S/C19H19N5O3/c1-2-3-12-8-20-17-16(12)22-10-23-18(17)19(26)21-7-11-4-5-14-13(6-11)24-15(25)9-27-14/h4-6,8,10,20H,2-3,7,9H2,1H3,(H,21,26)(H,24,25). The monoisotopic (exact) mass is 365 g/mol. The lowest BCUT2D eigenvalue weighted by atomic mass is 10.1. The summed E-state index contributed by atoms with van der Waals surface area (Å²) < 4.78 is 5.34. The van der Waals surface area contributed by atoms with Crippen LogP contribution < -0.4 is 15.4 Å². The second-order valence-electron chi connectivity index (χ2n) is 6.36. The highest BCUT2D eigenvalue weighted by atomic mass is 16.5. The van der Waals surface area contributed by atoms with Crippen molar-refractivity contribution in [3.05, 3.63) is 47.5 Å². The average Bonchev–Trinajstić information content (AvgIpc) is 3.09. The molecule has 1 aliphatic rings. The van der Waals surface area contributed by atoms with E-state index in [9.17, 15) is 9.59 Å². The predicted molar refractivity (Wildman–Crippen MR) is 99.6 cm³/mol. The number of H-pyrrole nitrogens is 1. The Bertz CT molecular complexity index is 1030. The van der Waals surface area contributed by atoms with Gasteiger partial charge in [-0.3, -0.25) is 9.59 Å². The molecule has 2 amide bonds. The quantitative estimate of drug-likeness (QED) is 0.642. The molecule has 0 radical (unpaired) electrons. The van der Waals surface area contributed by atoms with E-state index in [0.29, 0.717) is 29.2 Å². The van der Waals surface area contributed by atoms with Gasteiger partial charge in [-0.2, -0.15) is 0 Å². The fourth-order valence-corrected chi connectivity index (χ4v) is 3.13. The largest absolute Gasteiger partial charge is 0.482 e. The smallest absolute Gasteiger partial charge is 0.272 e. The molecule has 138 valence electrons. The molecule has 27 heavy (non-hydrogen) atoms. The average molecular weight is 365 g/mol. The molecule has 0 unspecified atom stereocenters. The van der Waals surface area contributed by atoms with Crippen molar-refractivity contribution in [2.45, 2.75) is 26.3 Å². The SMILES string of the molecule is CCCc1c[nH]c2c(C(=O)NCc3ccc4c(c3)NC(=O)CO4)ncnc12. The Labute approximate surface area is 155 Å². The van der Waals surface area contributed by atoms with Crippen LogP contribution in [0.25, 0.3) is 11.0 Å². The summed E-state index contributed by atoms with van der Waals surface area (Å²) in [7, 11) is 0. The van der Waals surface area contributed by atoms with Crippen molar-refractivity contribution in [2.75, 3.05) is 11.9 Å². The van der Waals surface area contributed by atoms with Crippen LogP contribution in [-0.4, -0.2) is 33.4 Å². The van der Waals surface area contributed by atoms with Crippen LogP contribution in [0.5, 0.6) is 5.75 Å². The van der Waals surface area contributed by atoms with Gasteiger partial charge in [-0.1, -0.05) is 19.4 Å². The molecule has 8 nitrogen and oxygen atoms in total. The number of fused-ring (bicyclic) bond motifs is 2. The van der Waals surface area contributed by atoms with Gasteiger partial charge >= 0.3 is 0 Å². The van der Waals surface area contributed by atoms with Crippen LogP contribution in [0.15, 0.2) is 30.7 Å². The van der Waals surface area contributed by atoms with Crippen molar-refractivity contribution in [3.63, 3.8) is 0 Å². The molecule has 4 rings (SSSR count). The van der Waals surface area contributed by atoms with E-state index in [1.807, 2.05) is 12.3 Å². The maximum atomic E-state index is 12.6. The van der Waals surface area contributed by atoms with Crippen molar-refractivity contribution in [1.82, 2.24) is 20.3 Å². The van der Waals surface area contributed by atoms with Gasteiger partial charge < -0.3 is 20.4 Å². The van der Waals surface area contributed by atoms with Gasteiger partial charge in [0, 0.05) is 12.7 Å². The van der Waals surface area contributed by atoms with Crippen molar-refractivity contribution >= 4 is 28.5 Å². The molecular weight excluding hydrogens is 346 g/mol. The first-order valence-corrected chi connectivity index (χ1v) is 8.80. The lowest BCUT2D eigenvalue weighted by Gasteiger charge is -2.18. The molecular formula is C19H19N5O3. The number of rotatable bonds is 5. The molecule has 0 fully saturated rings. The number of carbonyl (C=O) groups excluding carboxylic acids is 2. The van der Waals surface area contributed by atoms with E-state index >= 15 is 0 Å². The highest BCUT2D eigenvalue weighted by molar-refractivity contribution is 6.03. The normalized spacial score (nSPS) is 13.0. The van der Waals surface area contributed by atoms with Crippen LogP contribution in [0, 0.1) is 0 Å². The molecule has 0 aliphatic carbocycles. The van der Waals surface area contributed by atoms with Gasteiger partial charge in [0.05, 0.1) is 16.7 Å². The van der Waals surface area contributed by atoms with Gasteiger partial charge in [-0.05, 0) is 29.7 Å². The van der Waals surface area contributed by atoms with Crippen LogP contribution in [-0.2, 0) is 17.8 Å². The number of aryl methyl sites for hydroxylation is 1. The van der Waals surface area contributed by atoms with E-state index in [0.717, 1.165) is 29.5 Å². The Kier molecular flexibility index (Phi) is 4.45. The van der Waals surface area contributed by atoms with Crippen LogP contribution in [0.1, 0.15) is 35.0 Å². The summed E-state index contributed by atoms with van der Waals surface area (Å²) in [6.07, 6.45) is 5.18. The fraction of sp³-hybridized carbons (Fsp3) is 0.263. The van der Waals surface area contributed by atoms with E-state index in [-0.39, 0.29) is 18.4 Å². The Hall–Kier alpha value is -3.42. The predicted octanol–water partition coefficient (Wildman–Crippen LogP) is 2.17. The van der Waals surface area contributed by atoms with E-state index in [1.54, 1.807) is 12.1 Å². The number of ether oxygens (including phenoxy) is 1. The highest BCUT2D eigenvalue weighted by Gasteiger charge is 2.18. The zero-order valence-corrected chi connectivity index (χ0v) is 14.8.